The number of thiazole rings is 1. The van der Waals surface area contributed by atoms with Gasteiger partial charge in [0, 0.05) is 0 Å². The SMILES string of the molecule is Cc1ccc2c(c1)C(=O)C(=O)N2Cc1cn(CC(=O)c2nc3ccccc3s2)nn1. The molecule has 9 heteroatoms. The lowest BCUT2D eigenvalue weighted by Gasteiger charge is -2.14. The van der Waals surface area contributed by atoms with Crippen LogP contribution in [-0.2, 0) is 17.9 Å². The molecule has 0 atom stereocenters. The zero-order valence-corrected chi connectivity index (χ0v) is 16.7. The Labute approximate surface area is 174 Å². The van der Waals surface area contributed by atoms with Gasteiger partial charge in [0.25, 0.3) is 11.7 Å². The predicted octanol–water partition coefficient (Wildman–Crippen LogP) is 2.81. The van der Waals surface area contributed by atoms with Gasteiger partial charge in [0.15, 0.2) is 5.01 Å². The number of rotatable bonds is 5. The number of hydrogen-bond acceptors (Lipinski definition) is 7. The summed E-state index contributed by atoms with van der Waals surface area (Å²) in [6, 6.07) is 12.9. The van der Waals surface area contributed by atoms with Crippen LogP contribution in [0.1, 0.15) is 31.4 Å². The number of para-hydroxylation sites is 1. The molecule has 8 nitrogen and oxygen atoms in total. The van der Waals surface area contributed by atoms with Crippen LogP contribution in [0.25, 0.3) is 10.2 Å². The van der Waals surface area contributed by atoms with Gasteiger partial charge < -0.3 is 0 Å². The highest BCUT2D eigenvalue weighted by Crippen LogP contribution is 2.30. The van der Waals surface area contributed by atoms with Gasteiger partial charge in [-0.1, -0.05) is 29.0 Å². The second-order valence-corrected chi connectivity index (χ2v) is 8.09. The fourth-order valence-corrected chi connectivity index (χ4v) is 4.32. The first-order valence-electron chi connectivity index (χ1n) is 9.24. The van der Waals surface area contributed by atoms with Crippen LogP contribution in [0.15, 0.2) is 48.7 Å². The number of carbonyl (C=O) groups excluding carboxylic acids is 3. The molecule has 0 saturated carbocycles. The maximum absolute atomic E-state index is 12.6. The summed E-state index contributed by atoms with van der Waals surface area (Å²) in [7, 11) is 0. The van der Waals surface area contributed by atoms with E-state index >= 15 is 0 Å². The lowest BCUT2D eigenvalue weighted by Crippen LogP contribution is -2.29. The first-order valence-corrected chi connectivity index (χ1v) is 10.1. The summed E-state index contributed by atoms with van der Waals surface area (Å²) in [5, 5.41) is 8.46. The zero-order valence-electron chi connectivity index (χ0n) is 15.9. The molecule has 5 rings (SSSR count). The van der Waals surface area contributed by atoms with Crippen LogP contribution in [0.3, 0.4) is 0 Å². The van der Waals surface area contributed by atoms with Crippen LogP contribution in [0, 0.1) is 6.92 Å². The van der Waals surface area contributed by atoms with Crippen molar-refractivity contribution in [1.82, 2.24) is 20.0 Å². The third-order valence-electron chi connectivity index (χ3n) is 4.87. The molecule has 0 saturated heterocycles. The monoisotopic (exact) mass is 417 g/mol. The number of aryl methyl sites for hydroxylation is 1. The minimum Gasteiger partial charge on any atom is -0.299 e. The molecule has 1 aliphatic heterocycles. The normalized spacial score (nSPS) is 13.3. The molecule has 1 amide bonds. The van der Waals surface area contributed by atoms with Crippen molar-refractivity contribution < 1.29 is 14.4 Å². The molecule has 2 aromatic carbocycles. The van der Waals surface area contributed by atoms with Gasteiger partial charge in [0.1, 0.15) is 12.2 Å². The maximum Gasteiger partial charge on any atom is 0.299 e. The van der Waals surface area contributed by atoms with E-state index in [-0.39, 0.29) is 18.9 Å². The molecule has 0 N–H and O–H groups in total. The molecule has 148 valence electrons. The van der Waals surface area contributed by atoms with E-state index in [9.17, 15) is 14.4 Å². The Morgan fingerprint density at radius 1 is 1.13 bits per heavy atom. The number of benzene rings is 2. The Kier molecular flexibility index (Phi) is 4.25. The van der Waals surface area contributed by atoms with Crippen molar-refractivity contribution >= 4 is 44.7 Å². The van der Waals surface area contributed by atoms with E-state index in [2.05, 4.69) is 15.3 Å². The van der Waals surface area contributed by atoms with E-state index in [1.165, 1.54) is 20.9 Å². The van der Waals surface area contributed by atoms with Crippen molar-refractivity contribution in [3.8, 4) is 0 Å². The highest BCUT2D eigenvalue weighted by atomic mass is 32.1. The molecule has 1 aliphatic rings. The Balaban J connectivity index is 1.33. The zero-order chi connectivity index (χ0) is 20.8. The first kappa shape index (κ1) is 18.3. The Morgan fingerprint density at radius 2 is 1.97 bits per heavy atom. The predicted molar refractivity (Wildman–Crippen MR) is 111 cm³/mol. The molecule has 0 spiro atoms. The second-order valence-electron chi connectivity index (χ2n) is 7.06. The number of Topliss-reactive ketones (excluding diaryl/α,β-unsaturated/α-hetero) is 2. The fourth-order valence-electron chi connectivity index (χ4n) is 3.43. The molecule has 0 radical (unpaired) electrons. The smallest absolute Gasteiger partial charge is 0.299 e. The number of amides is 1. The Morgan fingerprint density at radius 3 is 2.80 bits per heavy atom. The van der Waals surface area contributed by atoms with Crippen LogP contribution in [0.2, 0.25) is 0 Å². The summed E-state index contributed by atoms with van der Waals surface area (Å²) in [6.07, 6.45) is 1.61. The summed E-state index contributed by atoms with van der Waals surface area (Å²) in [5.74, 6) is -1.27. The number of ketones is 2. The summed E-state index contributed by atoms with van der Waals surface area (Å²) in [6.45, 7) is 1.97. The molecule has 0 aliphatic carbocycles. The van der Waals surface area contributed by atoms with Gasteiger partial charge >= 0.3 is 0 Å². The quantitative estimate of drug-likeness (QED) is 0.366. The molecule has 30 heavy (non-hydrogen) atoms. The van der Waals surface area contributed by atoms with Crippen molar-refractivity contribution in [3.63, 3.8) is 0 Å². The van der Waals surface area contributed by atoms with E-state index < -0.39 is 11.7 Å². The minimum atomic E-state index is -0.587. The van der Waals surface area contributed by atoms with Crippen LogP contribution in [0.4, 0.5) is 5.69 Å². The highest BCUT2D eigenvalue weighted by Gasteiger charge is 2.36. The average Bonchev–Trinajstić information content (AvgIpc) is 3.42. The summed E-state index contributed by atoms with van der Waals surface area (Å²) < 4.78 is 2.37. The Bertz CT molecular complexity index is 1310. The van der Waals surface area contributed by atoms with Crippen LogP contribution >= 0.6 is 11.3 Å². The summed E-state index contributed by atoms with van der Waals surface area (Å²) in [5.41, 5.74) is 3.16. The lowest BCUT2D eigenvalue weighted by molar-refractivity contribution is -0.114. The van der Waals surface area contributed by atoms with Crippen molar-refractivity contribution in [3.05, 3.63) is 70.5 Å². The molecule has 4 aromatic rings. The van der Waals surface area contributed by atoms with Gasteiger partial charge in [-0.25, -0.2) is 9.67 Å². The molecule has 2 aromatic heterocycles. The highest BCUT2D eigenvalue weighted by molar-refractivity contribution is 7.20. The van der Waals surface area contributed by atoms with E-state index in [0.717, 1.165) is 15.8 Å². The van der Waals surface area contributed by atoms with Gasteiger partial charge in [-0.15, -0.1) is 16.4 Å². The molecule has 3 heterocycles. The molecule has 0 fully saturated rings. The molecule has 0 bridgehead atoms. The largest absolute Gasteiger partial charge is 0.299 e. The van der Waals surface area contributed by atoms with E-state index in [0.29, 0.717) is 22.0 Å². The van der Waals surface area contributed by atoms with Crippen molar-refractivity contribution in [2.75, 3.05) is 4.90 Å². The van der Waals surface area contributed by atoms with Crippen molar-refractivity contribution in [2.24, 2.45) is 0 Å². The fraction of sp³-hybridized carbons (Fsp3) is 0.143. The van der Waals surface area contributed by atoms with Crippen LogP contribution in [-0.4, -0.2) is 37.5 Å². The number of aromatic nitrogens is 4. The molecular formula is C21H15N5O3S. The number of nitrogens with zero attached hydrogens (tertiary/aromatic N) is 5. The van der Waals surface area contributed by atoms with Crippen LogP contribution < -0.4 is 4.90 Å². The van der Waals surface area contributed by atoms with Gasteiger partial charge in [0.2, 0.25) is 5.78 Å². The van der Waals surface area contributed by atoms with Crippen molar-refractivity contribution in [2.45, 2.75) is 20.0 Å². The maximum atomic E-state index is 12.6. The Hall–Kier alpha value is -3.72. The minimum absolute atomic E-state index is 0.00448. The van der Waals surface area contributed by atoms with Crippen LogP contribution in [0.5, 0.6) is 0 Å². The number of hydrogen-bond donors (Lipinski definition) is 0. The number of carbonyl (C=O) groups is 3. The molecular weight excluding hydrogens is 402 g/mol. The number of fused-ring (bicyclic) bond motifs is 2. The molecule has 0 unspecified atom stereocenters. The van der Waals surface area contributed by atoms with E-state index in [4.69, 9.17) is 0 Å². The third kappa shape index (κ3) is 3.09. The van der Waals surface area contributed by atoms with Gasteiger partial charge in [-0.05, 0) is 31.2 Å². The van der Waals surface area contributed by atoms with Gasteiger partial charge in [-0.3, -0.25) is 19.3 Å². The van der Waals surface area contributed by atoms with Gasteiger partial charge in [0.05, 0.1) is 34.2 Å². The van der Waals surface area contributed by atoms with E-state index in [1.807, 2.05) is 37.3 Å². The third-order valence-corrected chi connectivity index (χ3v) is 5.95. The average molecular weight is 417 g/mol. The first-order chi connectivity index (χ1) is 14.5. The standard InChI is InChI=1S/C21H15N5O3S/c1-12-6-7-16-14(8-12)19(28)21(29)26(16)10-13-9-25(24-23-13)11-17(27)20-22-15-4-2-3-5-18(15)30-20/h2-9H,10-11H2,1H3. The van der Waals surface area contributed by atoms with Gasteiger partial charge in [-0.2, -0.15) is 0 Å². The number of anilines is 1. The van der Waals surface area contributed by atoms with E-state index in [1.54, 1.807) is 18.3 Å². The summed E-state index contributed by atoms with van der Waals surface area (Å²) in [4.78, 5) is 43.0. The van der Waals surface area contributed by atoms with Crippen molar-refractivity contribution in [1.29, 1.82) is 0 Å². The summed E-state index contributed by atoms with van der Waals surface area (Å²) >= 11 is 1.34. The topological polar surface area (TPSA) is 98.1 Å². The second kappa shape index (κ2) is 6.96. The lowest BCUT2D eigenvalue weighted by atomic mass is 10.1.